The van der Waals surface area contributed by atoms with Gasteiger partial charge in [-0.1, -0.05) is 88.0 Å². The molecule has 0 spiro atoms. The van der Waals surface area contributed by atoms with Crippen molar-refractivity contribution in [2.75, 3.05) is 6.61 Å². The van der Waals surface area contributed by atoms with Gasteiger partial charge >= 0.3 is 6.09 Å². The van der Waals surface area contributed by atoms with Crippen molar-refractivity contribution in [3.05, 3.63) is 83.8 Å². The standard InChI is InChI=1S/C21H25N3O3Si/c1-5-17(27-20(25)23-24-22)16-26-28(21(2,3)4,18-12-8-6-9-13-18)19-14-10-7-11-15-19/h5-15,17H,1,16H2,2-4H3/t17-/m0/s1. The van der Waals surface area contributed by atoms with E-state index in [0.717, 1.165) is 10.4 Å². The molecule has 0 fully saturated rings. The second-order valence-corrected chi connectivity index (χ2v) is 11.6. The van der Waals surface area contributed by atoms with Gasteiger partial charge in [0.15, 0.2) is 0 Å². The molecule has 0 radical (unpaired) electrons. The van der Waals surface area contributed by atoms with Gasteiger partial charge in [0.2, 0.25) is 0 Å². The minimum Gasteiger partial charge on any atom is -0.451 e. The van der Waals surface area contributed by atoms with E-state index in [1.807, 2.05) is 36.4 Å². The Morgan fingerprint density at radius 1 is 1.14 bits per heavy atom. The number of carbonyl (C=O) groups is 1. The van der Waals surface area contributed by atoms with Gasteiger partial charge < -0.3 is 9.16 Å². The summed E-state index contributed by atoms with van der Waals surface area (Å²) in [7, 11) is -2.74. The van der Waals surface area contributed by atoms with Crippen LogP contribution in [0.5, 0.6) is 0 Å². The Balaban J connectivity index is 2.48. The highest BCUT2D eigenvalue weighted by atomic mass is 28.4. The van der Waals surface area contributed by atoms with Gasteiger partial charge in [-0.3, -0.25) is 0 Å². The molecule has 7 heteroatoms. The van der Waals surface area contributed by atoms with Gasteiger partial charge in [0.05, 0.1) is 6.61 Å². The summed E-state index contributed by atoms with van der Waals surface area (Å²) >= 11 is 0. The van der Waals surface area contributed by atoms with Crippen molar-refractivity contribution in [2.24, 2.45) is 5.11 Å². The van der Waals surface area contributed by atoms with Crippen molar-refractivity contribution < 1.29 is 14.0 Å². The lowest BCUT2D eigenvalue weighted by Crippen LogP contribution is -2.67. The van der Waals surface area contributed by atoms with Crippen LogP contribution in [0.2, 0.25) is 5.04 Å². The van der Waals surface area contributed by atoms with Crippen molar-refractivity contribution in [2.45, 2.75) is 31.9 Å². The fraction of sp³-hybridized carbons (Fsp3) is 0.286. The molecule has 0 saturated heterocycles. The second kappa shape index (κ2) is 9.37. The van der Waals surface area contributed by atoms with Crippen LogP contribution in [0.4, 0.5) is 4.79 Å². The number of rotatable bonds is 7. The zero-order valence-corrected chi connectivity index (χ0v) is 17.4. The Bertz CT molecular complexity index is 805. The van der Waals surface area contributed by atoms with Crippen LogP contribution in [0, 0.1) is 0 Å². The Hall–Kier alpha value is -2.86. The normalized spacial score (nSPS) is 12.5. The van der Waals surface area contributed by atoms with Crippen molar-refractivity contribution in [3.63, 3.8) is 0 Å². The minimum absolute atomic E-state index is 0.115. The molecular weight excluding hydrogens is 370 g/mol. The molecule has 2 aromatic carbocycles. The Kier molecular flexibility index (Phi) is 7.17. The van der Waals surface area contributed by atoms with Gasteiger partial charge in [-0.05, 0) is 27.0 Å². The molecule has 1 amide bonds. The number of benzene rings is 2. The number of azide groups is 1. The molecule has 0 N–H and O–H groups in total. The number of ether oxygens (including phenoxy) is 1. The number of nitrogens with zero attached hydrogens (tertiary/aromatic N) is 3. The molecule has 6 nitrogen and oxygen atoms in total. The van der Waals surface area contributed by atoms with E-state index in [9.17, 15) is 4.79 Å². The van der Waals surface area contributed by atoms with Gasteiger partial charge in [-0.25, -0.2) is 4.79 Å². The molecule has 0 aliphatic heterocycles. The van der Waals surface area contributed by atoms with E-state index in [4.69, 9.17) is 14.7 Å². The molecule has 0 aliphatic rings. The third-order valence-electron chi connectivity index (χ3n) is 4.52. The molecule has 2 aromatic rings. The van der Waals surface area contributed by atoms with Crippen molar-refractivity contribution in [1.29, 1.82) is 0 Å². The van der Waals surface area contributed by atoms with Crippen LogP contribution in [-0.2, 0) is 9.16 Å². The summed E-state index contributed by atoms with van der Waals surface area (Å²) in [5, 5.41) is 5.00. The zero-order chi connectivity index (χ0) is 20.6. The molecule has 0 bridgehead atoms. The van der Waals surface area contributed by atoms with E-state index in [1.54, 1.807) is 0 Å². The Morgan fingerprint density at radius 2 is 1.64 bits per heavy atom. The van der Waals surface area contributed by atoms with Crippen LogP contribution in [0.15, 0.2) is 78.4 Å². The fourth-order valence-corrected chi connectivity index (χ4v) is 7.88. The first-order chi connectivity index (χ1) is 13.3. The van der Waals surface area contributed by atoms with E-state index in [-0.39, 0.29) is 11.6 Å². The SMILES string of the molecule is C=C[C@@H](CO[Si](c1ccccc1)(c1ccccc1)C(C)(C)C)OC(=O)N=[N+]=[N-]. The first kappa shape index (κ1) is 21.4. The molecule has 0 heterocycles. The number of hydrogen-bond donors (Lipinski definition) is 0. The monoisotopic (exact) mass is 395 g/mol. The maximum atomic E-state index is 11.5. The molecule has 1 atom stereocenters. The summed E-state index contributed by atoms with van der Waals surface area (Å²) < 4.78 is 11.8. The molecular formula is C21H25N3O3Si. The van der Waals surface area contributed by atoms with E-state index >= 15 is 0 Å². The molecule has 0 unspecified atom stereocenters. The second-order valence-electron chi connectivity index (χ2n) is 7.32. The average Bonchev–Trinajstić information content (AvgIpc) is 2.68. The van der Waals surface area contributed by atoms with E-state index in [1.165, 1.54) is 6.08 Å². The molecule has 28 heavy (non-hydrogen) atoms. The van der Waals surface area contributed by atoms with Crippen LogP contribution in [-0.4, -0.2) is 27.1 Å². The molecule has 0 saturated carbocycles. The minimum atomic E-state index is -2.74. The lowest BCUT2D eigenvalue weighted by atomic mass is 10.2. The van der Waals surface area contributed by atoms with Gasteiger partial charge in [0.25, 0.3) is 8.32 Å². The molecule has 2 rings (SSSR count). The highest BCUT2D eigenvalue weighted by Gasteiger charge is 2.50. The predicted octanol–water partition coefficient (Wildman–Crippen LogP) is 4.56. The summed E-state index contributed by atoms with van der Waals surface area (Å²) in [6.07, 6.45) is -0.249. The van der Waals surface area contributed by atoms with E-state index < -0.39 is 20.5 Å². The highest BCUT2D eigenvalue weighted by molar-refractivity contribution is 6.99. The summed E-state index contributed by atoms with van der Waals surface area (Å²) in [6, 6.07) is 20.3. The number of carbonyl (C=O) groups excluding carboxylic acids is 1. The van der Waals surface area contributed by atoms with Gasteiger partial charge in [-0.2, -0.15) is 0 Å². The third-order valence-corrected chi connectivity index (χ3v) is 9.53. The maximum Gasteiger partial charge on any atom is 0.397 e. The van der Waals surface area contributed by atoms with Crippen molar-refractivity contribution in [3.8, 4) is 0 Å². The van der Waals surface area contributed by atoms with Crippen molar-refractivity contribution in [1.82, 2.24) is 0 Å². The van der Waals surface area contributed by atoms with Crippen LogP contribution < -0.4 is 10.4 Å². The molecule has 0 aromatic heterocycles. The first-order valence-electron chi connectivity index (χ1n) is 8.98. The van der Waals surface area contributed by atoms with Gasteiger partial charge in [-0.15, -0.1) is 0 Å². The fourth-order valence-electron chi connectivity index (χ4n) is 3.31. The topological polar surface area (TPSA) is 84.3 Å². The van der Waals surface area contributed by atoms with E-state index in [2.05, 4.69) is 61.6 Å². The van der Waals surface area contributed by atoms with Crippen molar-refractivity contribution >= 4 is 24.8 Å². The van der Waals surface area contributed by atoms with Crippen LogP contribution in [0.3, 0.4) is 0 Å². The lowest BCUT2D eigenvalue weighted by Gasteiger charge is -2.43. The molecule has 0 aliphatic carbocycles. The lowest BCUT2D eigenvalue weighted by molar-refractivity contribution is 0.0945. The van der Waals surface area contributed by atoms with Crippen LogP contribution in [0.1, 0.15) is 20.8 Å². The van der Waals surface area contributed by atoms with Crippen LogP contribution in [0.25, 0.3) is 10.4 Å². The zero-order valence-electron chi connectivity index (χ0n) is 16.4. The maximum absolute atomic E-state index is 11.5. The van der Waals surface area contributed by atoms with Gasteiger partial charge in [0.1, 0.15) is 6.10 Å². The van der Waals surface area contributed by atoms with Crippen LogP contribution >= 0.6 is 0 Å². The largest absolute Gasteiger partial charge is 0.451 e. The highest BCUT2D eigenvalue weighted by Crippen LogP contribution is 2.36. The molecule has 146 valence electrons. The van der Waals surface area contributed by atoms with Gasteiger partial charge in [0, 0.05) is 10.0 Å². The van der Waals surface area contributed by atoms with E-state index in [0.29, 0.717) is 0 Å². The number of amides is 1. The summed E-state index contributed by atoms with van der Waals surface area (Å²) in [4.78, 5) is 14.0. The quantitative estimate of drug-likeness (QED) is 0.226. The third kappa shape index (κ3) is 4.70. The average molecular weight is 396 g/mol. The number of hydrogen-bond acceptors (Lipinski definition) is 3. The first-order valence-corrected chi connectivity index (χ1v) is 10.9. The smallest absolute Gasteiger partial charge is 0.397 e. The summed E-state index contributed by atoms with van der Waals surface area (Å²) in [5.41, 5.74) is 8.39. The predicted molar refractivity (Wildman–Crippen MR) is 113 cm³/mol. The Labute approximate surface area is 166 Å². The Morgan fingerprint density at radius 3 is 2.04 bits per heavy atom. The summed E-state index contributed by atoms with van der Waals surface area (Å²) in [5.74, 6) is 0. The summed E-state index contributed by atoms with van der Waals surface area (Å²) in [6.45, 7) is 10.3.